The zero-order valence-corrected chi connectivity index (χ0v) is 10.9. The van der Waals surface area contributed by atoms with Gasteiger partial charge < -0.3 is 4.90 Å². The Morgan fingerprint density at radius 2 is 1.74 bits per heavy atom. The van der Waals surface area contributed by atoms with Crippen LogP contribution in [0.15, 0.2) is 12.1 Å². The molecule has 1 heterocycles. The highest BCUT2D eigenvalue weighted by Gasteiger charge is 2.24. The molecule has 2 rings (SSSR count). The first-order valence-electron chi connectivity index (χ1n) is 6.02. The number of hydrogen-bond donors (Lipinski definition) is 0. The number of hydrogen-bond acceptors (Lipinski definition) is 1. The number of nitrogens with zero attached hydrogens (tertiary/aromatic N) is 1. The molecule has 1 aliphatic heterocycles. The van der Waals surface area contributed by atoms with E-state index in [0.29, 0.717) is 24.9 Å². The fraction of sp³-hybridized carbons (Fsp3) is 0.462. The van der Waals surface area contributed by atoms with Crippen LogP contribution >= 0.6 is 11.6 Å². The molecule has 0 unspecified atom stereocenters. The molecule has 1 amide bonds. The number of piperidine rings is 1. The molecule has 6 heteroatoms. The van der Waals surface area contributed by atoms with Gasteiger partial charge in [0.15, 0.2) is 17.5 Å². The zero-order chi connectivity index (χ0) is 14.0. The third-order valence-electron chi connectivity index (χ3n) is 3.35. The van der Waals surface area contributed by atoms with Crippen LogP contribution < -0.4 is 0 Å². The highest BCUT2D eigenvalue weighted by atomic mass is 35.5. The molecule has 1 aromatic rings. The van der Waals surface area contributed by atoms with Crippen molar-refractivity contribution in [1.29, 1.82) is 0 Å². The third kappa shape index (κ3) is 3.03. The lowest BCUT2D eigenvalue weighted by atomic mass is 9.98. The molecule has 0 radical (unpaired) electrons. The first-order valence-corrected chi connectivity index (χ1v) is 6.56. The molecular weight excluding hydrogens is 279 g/mol. The number of rotatable bonds is 2. The van der Waals surface area contributed by atoms with E-state index in [1.54, 1.807) is 0 Å². The second-order valence-corrected chi connectivity index (χ2v) is 4.95. The van der Waals surface area contributed by atoms with Gasteiger partial charge in [-0.05, 0) is 30.9 Å². The summed E-state index contributed by atoms with van der Waals surface area (Å²) < 4.78 is 39.0. The van der Waals surface area contributed by atoms with E-state index in [4.69, 9.17) is 11.6 Å². The first-order chi connectivity index (χ1) is 9.02. The van der Waals surface area contributed by atoms with Crippen LogP contribution in [-0.4, -0.2) is 29.8 Å². The summed E-state index contributed by atoms with van der Waals surface area (Å²) >= 11 is 5.74. The summed E-state index contributed by atoms with van der Waals surface area (Å²) in [5.41, 5.74) is -0.166. The number of amides is 1. The fourth-order valence-corrected chi connectivity index (χ4v) is 2.46. The van der Waals surface area contributed by atoms with Crippen molar-refractivity contribution in [2.75, 3.05) is 19.0 Å². The Morgan fingerprint density at radius 1 is 1.21 bits per heavy atom. The van der Waals surface area contributed by atoms with Crippen LogP contribution in [0.2, 0.25) is 0 Å². The minimum absolute atomic E-state index is 0.166. The Hall–Kier alpha value is -1.23. The SMILES string of the molecule is O=C(c1cc(F)c(F)c(F)c1)N1CCC(CCl)CC1. The summed E-state index contributed by atoms with van der Waals surface area (Å²) in [7, 11) is 0. The topological polar surface area (TPSA) is 20.3 Å². The molecule has 2 nitrogen and oxygen atoms in total. The van der Waals surface area contributed by atoms with Crippen molar-refractivity contribution in [2.45, 2.75) is 12.8 Å². The summed E-state index contributed by atoms with van der Waals surface area (Å²) in [4.78, 5) is 13.6. The Morgan fingerprint density at radius 3 is 2.21 bits per heavy atom. The van der Waals surface area contributed by atoms with Crippen molar-refractivity contribution in [3.05, 3.63) is 35.1 Å². The number of likely N-dealkylation sites (tertiary alicyclic amines) is 1. The van der Waals surface area contributed by atoms with Crippen molar-refractivity contribution in [2.24, 2.45) is 5.92 Å². The summed E-state index contributed by atoms with van der Waals surface area (Å²) in [5.74, 6) is -3.82. The number of alkyl halides is 1. The lowest BCUT2D eigenvalue weighted by Gasteiger charge is -2.31. The van der Waals surface area contributed by atoms with Gasteiger partial charge in [0.1, 0.15) is 0 Å². The fourth-order valence-electron chi connectivity index (χ4n) is 2.15. The molecule has 1 fully saturated rings. The Balaban J connectivity index is 2.12. The molecule has 0 aromatic heterocycles. The van der Waals surface area contributed by atoms with Gasteiger partial charge in [0.25, 0.3) is 5.91 Å². The maximum Gasteiger partial charge on any atom is 0.254 e. The van der Waals surface area contributed by atoms with Gasteiger partial charge in [-0.2, -0.15) is 0 Å². The van der Waals surface area contributed by atoms with Gasteiger partial charge >= 0.3 is 0 Å². The van der Waals surface area contributed by atoms with Crippen molar-refractivity contribution in [1.82, 2.24) is 4.90 Å². The smallest absolute Gasteiger partial charge is 0.254 e. The molecule has 0 atom stereocenters. The largest absolute Gasteiger partial charge is 0.339 e. The van der Waals surface area contributed by atoms with Crippen LogP contribution in [0.25, 0.3) is 0 Å². The van der Waals surface area contributed by atoms with Crippen LogP contribution in [0, 0.1) is 23.4 Å². The van der Waals surface area contributed by atoms with Crippen LogP contribution in [-0.2, 0) is 0 Å². The second kappa shape index (κ2) is 5.82. The quantitative estimate of drug-likeness (QED) is 0.605. The van der Waals surface area contributed by atoms with Gasteiger partial charge in [0.05, 0.1) is 0 Å². The Bertz CT molecular complexity index is 464. The van der Waals surface area contributed by atoms with Gasteiger partial charge in [0, 0.05) is 24.5 Å². The van der Waals surface area contributed by atoms with Crippen LogP contribution in [0.5, 0.6) is 0 Å². The van der Waals surface area contributed by atoms with Gasteiger partial charge in [-0.25, -0.2) is 13.2 Å². The maximum atomic E-state index is 13.1. The van der Waals surface area contributed by atoms with E-state index in [9.17, 15) is 18.0 Å². The number of carbonyl (C=O) groups is 1. The summed E-state index contributed by atoms with van der Waals surface area (Å²) in [5, 5.41) is 0. The first kappa shape index (κ1) is 14.2. The van der Waals surface area contributed by atoms with Gasteiger partial charge in [0.2, 0.25) is 0 Å². The molecule has 19 heavy (non-hydrogen) atoms. The lowest BCUT2D eigenvalue weighted by molar-refractivity contribution is 0.0697. The third-order valence-corrected chi connectivity index (χ3v) is 3.79. The van der Waals surface area contributed by atoms with E-state index >= 15 is 0 Å². The predicted octanol–water partition coefficient (Wildman–Crippen LogP) is 3.19. The van der Waals surface area contributed by atoms with Crippen molar-refractivity contribution >= 4 is 17.5 Å². The maximum absolute atomic E-state index is 13.1. The molecule has 1 aliphatic rings. The zero-order valence-electron chi connectivity index (χ0n) is 10.1. The standard InChI is InChI=1S/C13H13ClF3NO/c14-7-8-1-3-18(4-2-8)13(19)9-5-10(15)12(17)11(16)6-9/h5-6,8H,1-4,7H2. The minimum Gasteiger partial charge on any atom is -0.339 e. The normalized spacial score (nSPS) is 16.7. The molecule has 104 valence electrons. The van der Waals surface area contributed by atoms with Crippen molar-refractivity contribution in [3.8, 4) is 0 Å². The number of benzene rings is 1. The number of halogens is 4. The summed E-state index contributed by atoms with van der Waals surface area (Å²) in [6, 6.07) is 1.46. The minimum atomic E-state index is -1.56. The molecule has 0 N–H and O–H groups in total. The second-order valence-electron chi connectivity index (χ2n) is 4.64. The van der Waals surface area contributed by atoms with Crippen molar-refractivity contribution in [3.63, 3.8) is 0 Å². The van der Waals surface area contributed by atoms with E-state index in [1.165, 1.54) is 4.90 Å². The Labute approximate surface area is 114 Å². The molecule has 0 bridgehead atoms. The summed E-state index contributed by atoms with van der Waals surface area (Å²) in [6.07, 6.45) is 1.53. The monoisotopic (exact) mass is 291 g/mol. The van der Waals surface area contributed by atoms with E-state index in [1.807, 2.05) is 0 Å². The summed E-state index contributed by atoms with van der Waals surface area (Å²) in [6.45, 7) is 0.994. The highest BCUT2D eigenvalue weighted by molar-refractivity contribution is 6.18. The molecule has 1 saturated heterocycles. The average Bonchev–Trinajstić information content (AvgIpc) is 2.43. The molecule has 0 spiro atoms. The van der Waals surface area contributed by atoms with E-state index in [2.05, 4.69) is 0 Å². The predicted molar refractivity (Wildman–Crippen MR) is 65.7 cm³/mol. The molecule has 1 aromatic carbocycles. The molecule has 0 saturated carbocycles. The van der Waals surface area contributed by atoms with E-state index in [-0.39, 0.29) is 5.56 Å². The van der Waals surface area contributed by atoms with Crippen molar-refractivity contribution < 1.29 is 18.0 Å². The Kier molecular flexibility index (Phi) is 4.34. The van der Waals surface area contributed by atoms with Crippen LogP contribution in [0.3, 0.4) is 0 Å². The number of carbonyl (C=O) groups excluding carboxylic acids is 1. The van der Waals surface area contributed by atoms with Gasteiger partial charge in [-0.3, -0.25) is 4.79 Å². The van der Waals surface area contributed by atoms with Crippen LogP contribution in [0.4, 0.5) is 13.2 Å². The van der Waals surface area contributed by atoms with Crippen LogP contribution in [0.1, 0.15) is 23.2 Å². The van der Waals surface area contributed by atoms with E-state index in [0.717, 1.165) is 25.0 Å². The molecular formula is C13H13ClF3NO. The molecule has 0 aliphatic carbocycles. The van der Waals surface area contributed by atoms with Gasteiger partial charge in [-0.15, -0.1) is 11.6 Å². The lowest BCUT2D eigenvalue weighted by Crippen LogP contribution is -2.39. The highest BCUT2D eigenvalue weighted by Crippen LogP contribution is 2.21. The van der Waals surface area contributed by atoms with E-state index < -0.39 is 23.4 Å². The average molecular weight is 292 g/mol. The van der Waals surface area contributed by atoms with Gasteiger partial charge in [-0.1, -0.05) is 0 Å².